The van der Waals surface area contributed by atoms with Gasteiger partial charge in [-0.25, -0.2) is 0 Å². The molecule has 1 atom stereocenters. The Morgan fingerprint density at radius 3 is 3.05 bits per heavy atom. The highest BCUT2D eigenvalue weighted by Crippen LogP contribution is 2.34. The molecule has 1 unspecified atom stereocenters. The molecule has 2 heterocycles. The number of anilines is 1. The van der Waals surface area contributed by atoms with Crippen molar-refractivity contribution in [1.82, 2.24) is 4.90 Å². The molecule has 2 aliphatic rings. The molecule has 3 rings (SSSR count). The summed E-state index contributed by atoms with van der Waals surface area (Å²) < 4.78 is 6.30. The van der Waals surface area contributed by atoms with E-state index in [1.54, 1.807) is 17.0 Å². The Hall–Kier alpha value is -1.60. The summed E-state index contributed by atoms with van der Waals surface area (Å²) in [5.74, 6) is 0.349. The topological polar surface area (TPSA) is 75.9 Å². The van der Waals surface area contributed by atoms with Crippen molar-refractivity contribution in [2.75, 3.05) is 31.1 Å². The van der Waals surface area contributed by atoms with Crippen LogP contribution in [0, 0.1) is 0 Å². The third-order valence-corrected chi connectivity index (χ3v) is 4.62. The third-order valence-electron chi connectivity index (χ3n) is 4.13. The summed E-state index contributed by atoms with van der Waals surface area (Å²) in [5, 5.41) is 0. The van der Waals surface area contributed by atoms with Crippen LogP contribution in [0.2, 0.25) is 0 Å². The molecule has 2 aliphatic heterocycles. The van der Waals surface area contributed by atoms with Gasteiger partial charge < -0.3 is 15.4 Å². The van der Waals surface area contributed by atoms with E-state index in [1.807, 2.05) is 6.07 Å². The van der Waals surface area contributed by atoms with Gasteiger partial charge in [-0.3, -0.25) is 14.5 Å². The molecule has 2 N–H and O–H groups in total. The molecule has 118 valence electrons. The van der Waals surface area contributed by atoms with Crippen LogP contribution in [0.4, 0.5) is 5.69 Å². The smallest absolute Gasteiger partial charge is 0.265 e. The van der Waals surface area contributed by atoms with Gasteiger partial charge in [-0.15, -0.1) is 0 Å². The zero-order valence-corrected chi connectivity index (χ0v) is 13.7. The molecule has 0 spiro atoms. The Morgan fingerprint density at radius 1 is 1.45 bits per heavy atom. The first kappa shape index (κ1) is 15.3. The van der Waals surface area contributed by atoms with Crippen LogP contribution < -0.4 is 15.4 Å². The molecule has 1 aromatic rings. The largest absolute Gasteiger partial charge is 0.482 e. The number of halogens is 1. The molecular weight excluding hydrogens is 350 g/mol. The van der Waals surface area contributed by atoms with E-state index in [4.69, 9.17) is 10.5 Å². The minimum absolute atomic E-state index is 0.0350. The second-order valence-corrected chi connectivity index (χ2v) is 6.42. The van der Waals surface area contributed by atoms with Crippen LogP contribution >= 0.6 is 15.9 Å². The van der Waals surface area contributed by atoms with Gasteiger partial charge in [0.1, 0.15) is 12.3 Å². The zero-order valence-electron chi connectivity index (χ0n) is 12.1. The number of hydrogen-bond donors (Lipinski definition) is 1. The highest BCUT2D eigenvalue weighted by atomic mass is 79.9. The molecule has 1 fully saturated rings. The Balaban J connectivity index is 1.80. The number of hydrogen-bond acceptors (Lipinski definition) is 4. The fourth-order valence-corrected chi connectivity index (χ4v) is 3.33. The second kappa shape index (κ2) is 6.26. The minimum Gasteiger partial charge on any atom is -0.482 e. The summed E-state index contributed by atoms with van der Waals surface area (Å²) in [5.41, 5.74) is 6.35. The number of carbonyl (C=O) groups is 2. The quantitative estimate of drug-likeness (QED) is 0.868. The van der Waals surface area contributed by atoms with Crippen LogP contribution in [-0.4, -0.2) is 49.0 Å². The van der Waals surface area contributed by atoms with Gasteiger partial charge in [0.2, 0.25) is 5.91 Å². The number of ether oxygens (including phenoxy) is 1. The van der Waals surface area contributed by atoms with E-state index in [9.17, 15) is 9.59 Å². The van der Waals surface area contributed by atoms with Gasteiger partial charge in [-0.05, 0) is 31.0 Å². The van der Waals surface area contributed by atoms with E-state index in [1.165, 1.54) is 4.90 Å². The molecule has 0 radical (unpaired) electrons. The molecule has 0 aliphatic carbocycles. The Bertz CT molecular complexity index is 608. The first-order chi connectivity index (χ1) is 10.6. The maximum atomic E-state index is 12.5. The van der Waals surface area contributed by atoms with Crippen molar-refractivity contribution in [2.24, 2.45) is 5.73 Å². The van der Waals surface area contributed by atoms with Gasteiger partial charge >= 0.3 is 0 Å². The van der Waals surface area contributed by atoms with Gasteiger partial charge in [0.15, 0.2) is 6.61 Å². The van der Waals surface area contributed by atoms with E-state index in [0.29, 0.717) is 24.5 Å². The summed E-state index contributed by atoms with van der Waals surface area (Å²) in [6.07, 6.45) is 1.90. The van der Waals surface area contributed by atoms with E-state index < -0.39 is 0 Å². The first-order valence-electron chi connectivity index (χ1n) is 7.32. The monoisotopic (exact) mass is 367 g/mol. The number of likely N-dealkylation sites (tertiary alicyclic amines) is 1. The molecule has 7 heteroatoms. The SMILES string of the molecule is NCC1CCCN1C(=O)CN1C(=O)COc2cc(Br)ccc21. The van der Waals surface area contributed by atoms with E-state index >= 15 is 0 Å². The molecule has 1 saturated heterocycles. The minimum atomic E-state index is -0.202. The Kier molecular flexibility index (Phi) is 4.35. The fourth-order valence-electron chi connectivity index (χ4n) is 2.99. The molecule has 0 bridgehead atoms. The normalized spacial score (nSPS) is 20.8. The number of fused-ring (bicyclic) bond motifs is 1. The Morgan fingerprint density at radius 2 is 2.27 bits per heavy atom. The van der Waals surface area contributed by atoms with E-state index in [2.05, 4.69) is 15.9 Å². The molecule has 6 nitrogen and oxygen atoms in total. The lowest BCUT2D eigenvalue weighted by atomic mass is 10.2. The lowest BCUT2D eigenvalue weighted by Crippen LogP contribution is -2.48. The Labute approximate surface area is 137 Å². The van der Waals surface area contributed by atoms with Crippen molar-refractivity contribution in [1.29, 1.82) is 0 Å². The van der Waals surface area contributed by atoms with Gasteiger partial charge in [0.25, 0.3) is 5.91 Å². The summed E-state index contributed by atoms with van der Waals surface area (Å²) in [6.45, 7) is 1.17. The van der Waals surface area contributed by atoms with E-state index in [-0.39, 0.29) is 31.0 Å². The van der Waals surface area contributed by atoms with Gasteiger partial charge in [-0.2, -0.15) is 0 Å². The second-order valence-electron chi connectivity index (χ2n) is 5.50. The fraction of sp³-hybridized carbons (Fsp3) is 0.467. The predicted octanol–water partition coefficient (Wildman–Crippen LogP) is 1.12. The van der Waals surface area contributed by atoms with Crippen LogP contribution in [0.25, 0.3) is 0 Å². The van der Waals surface area contributed by atoms with Crippen LogP contribution in [0.15, 0.2) is 22.7 Å². The third kappa shape index (κ3) is 2.83. The average molecular weight is 368 g/mol. The molecular formula is C15H18BrN3O3. The van der Waals surface area contributed by atoms with Crippen LogP contribution in [0.1, 0.15) is 12.8 Å². The molecule has 22 heavy (non-hydrogen) atoms. The van der Waals surface area contributed by atoms with Crippen LogP contribution in [0.5, 0.6) is 5.75 Å². The number of nitrogens with zero attached hydrogens (tertiary/aromatic N) is 2. The maximum Gasteiger partial charge on any atom is 0.265 e. The number of nitrogens with two attached hydrogens (primary N) is 1. The lowest BCUT2D eigenvalue weighted by molar-refractivity contribution is -0.132. The van der Waals surface area contributed by atoms with Crippen molar-refractivity contribution < 1.29 is 14.3 Å². The average Bonchev–Trinajstić information content (AvgIpc) is 2.98. The number of benzene rings is 1. The molecule has 2 amide bonds. The predicted molar refractivity (Wildman–Crippen MR) is 85.8 cm³/mol. The van der Waals surface area contributed by atoms with Crippen molar-refractivity contribution in [3.05, 3.63) is 22.7 Å². The highest BCUT2D eigenvalue weighted by molar-refractivity contribution is 9.10. The van der Waals surface area contributed by atoms with Gasteiger partial charge in [0.05, 0.1) is 5.69 Å². The van der Waals surface area contributed by atoms with Crippen molar-refractivity contribution in [3.63, 3.8) is 0 Å². The van der Waals surface area contributed by atoms with E-state index in [0.717, 1.165) is 17.3 Å². The van der Waals surface area contributed by atoms with Crippen LogP contribution in [-0.2, 0) is 9.59 Å². The number of carbonyl (C=O) groups excluding carboxylic acids is 2. The van der Waals surface area contributed by atoms with Crippen molar-refractivity contribution in [3.8, 4) is 5.75 Å². The molecule has 0 aromatic heterocycles. The first-order valence-corrected chi connectivity index (χ1v) is 8.11. The summed E-state index contributed by atoms with van der Waals surface area (Å²) >= 11 is 3.37. The molecule has 1 aromatic carbocycles. The summed E-state index contributed by atoms with van der Waals surface area (Å²) in [4.78, 5) is 28.0. The standard InChI is InChI=1S/C15H18BrN3O3/c16-10-3-4-12-13(6-10)22-9-15(21)19(12)8-14(20)18-5-1-2-11(18)7-17/h3-4,6,11H,1-2,5,7-9,17H2. The summed E-state index contributed by atoms with van der Waals surface area (Å²) in [6, 6.07) is 5.51. The summed E-state index contributed by atoms with van der Waals surface area (Å²) in [7, 11) is 0. The van der Waals surface area contributed by atoms with Crippen molar-refractivity contribution >= 4 is 33.4 Å². The number of amides is 2. The zero-order chi connectivity index (χ0) is 15.7. The molecule has 0 saturated carbocycles. The maximum absolute atomic E-state index is 12.5. The lowest BCUT2D eigenvalue weighted by Gasteiger charge is -2.31. The van der Waals surface area contributed by atoms with Gasteiger partial charge in [0, 0.05) is 23.6 Å². The van der Waals surface area contributed by atoms with Gasteiger partial charge in [-0.1, -0.05) is 15.9 Å². The number of rotatable bonds is 3. The highest BCUT2D eigenvalue weighted by Gasteiger charge is 2.32. The van der Waals surface area contributed by atoms with Crippen LogP contribution in [0.3, 0.4) is 0 Å². The van der Waals surface area contributed by atoms with Crippen molar-refractivity contribution in [2.45, 2.75) is 18.9 Å².